The van der Waals surface area contributed by atoms with Gasteiger partial charge in [-0.25, -0.2) is 0 Å². The van der Waals surface area contributed by atoms with Gasteiger partial charge in [-0.2, -0.15) is 0 Å². The number of carboxylic acid groups (broad SMARTS) is 1. The van der Waals surface area contributed by atoms with Crippen molar-refractivity contribution in [1.82, 2.24) is 10.9 Å². The molecular weight excluding hydrogens is 356 g/mol. The molecule has 0 radical (unpaired) electrons. The summed E-state index contributed by atoms with van der Waals surface area (Å²) < 4.78 is 0. The van der Waals surface area contributed by atoms with Crippen LogP contribution in [-0.4, -0.2) is 22.9 Å². The first-order valence-electron chi connectivity index (χ1n) is 8.57. The van der Waals surface area contributed by atoms with E-state index < -0.39 is 29.6 Å². The first-order valence-corrected chi connectivity index (χ1v) is 8.95. The molecule has 3 rings (SSSR count). The molecular formula is C19H21ClN2O4. The zero-order valence-electron chi connectivity index (χ0n) is 14.6. The van der Waals surface area contributed by atoms with Crippen LogP contribution in [0, 0.1) is 23.7 Å². The molecule has 2 bridgehead atoms. The molecule has 2 aliphatic carbocycles. The van der Waals surface area contributed by atoms with E-state index in [1.807, 2.05) is 13.8 Å². The Morgan fingerprint density at radius 2 is 1.58 bits per heavy atom. The number of amides is 2. The number of allylic oxidation sites excluding steroid dienone is 2. The summed E-state index contributed by atoms with van der Waals surface area (Å²) >= 11 is 5.79. The molecule has 4 unspecified atom stereocenters. The van der Waals surface area contributed by atoms with E-state index in [-0.39, 0.29) is 11.8 Å². The van der Waals surface area contributed by atoms with E-state index in [0.29, 0.717) is 10.6 Å². The number of fused-ring (bicyclic) bond motifs is 2. The number of carbonyl (C=O) groups excluding carboxylic acids is 2. The Kier molecular flexibility index (Phi) is 5.05. The van der Waals surface area contributed by atoms with Crippen LogP contribution < -0.4 is 10.9 Å². The molecule has 3 N–H and O–H groups in total. The topological polar surface area (TPSA) is 95.5 Å². The second-order valence-corrected chi connectivity index (χ2v) is 7.52. The smallest absolute Gasteiger partial charge is 0.307 e. The van der Waals surface area contributed by atoms with E-state index in [1.54, 1.807) is 24.3 Å². The molecule has 7 heteroatoms. The van der Waals surface area contributed by atoms with Crippen molar-refractivity contribution in [3.8, 4) is 0 Å². The van der Waals surface area contributed by atoms with Gasteiger partial charge in [0.1, 0.15) is 0 Å². The summed E-state index contributed by atoms with van der Waals surface area (Å²) in [5.74, 6) is -3.46. The normalized spacial score (nSPS) is 26.5. The molecule has 0 aromatic heterocycles. The summed E-state index contributed by atoms with van der Waals surface area (Å²) in [4.78, 5) is 36.6. The van der Waals surface area contributed by atoms with Gasteiger partial charge in [-0.1, -0.05) is 22.7 Å². The molecule has 4 atom stereocenters. The molecule has 26 heavy (non-hydrogen) atoms. The Labute approximate surface area is 156 Å². The molecule has 2 saturated carbocycles. The van der Waals surface area contributed by atoms with Crippen molar-refractivity contribution in [3.63, 3.8) is 0 Å². The lowest BCUT2D eigenvalue weighted by molar-refractivity contribution is -0.149. The first-order chi connectivity index (χ1) is 12.3. The third-order valence-electron chi connectivity index (χ3n) is 5.41. The van der Waals surface area contributed by atoms with Crippen LogP contribution in [0.3, 0.4) is 0 Å². The fourth-order valence-electron chi connectivity index (χ4n) is 4.48. The van der Waals surface area contributed by atoms with Crippen molar-refractivity contribution < 1.29 is 19.5 Å². The maximum atomic E-state index is 12.7. The van der Waals surface area contributed by atoms with E-state index in [4.69, 9.17) is 11.6 Å². The molecule has 1 aromatic rings. The van der Waals surface area contributed by atoms with Gasteiger partial charge in [-0.05, 0) is 62.8 Å². The van der Waals surface area contributed by atoms with Crippen molar-refractivity contribution >= 4 is 29.4 Å². The van der Waals surface area contributed by atoms with Gasteiger partial charge in [0.15, 0.2) is 0 Å². The van der Waals surface area contributed by atoms with Crippen molar-refractivity contribution in [1.29, 1.82) is 0 Å². The number of halogens is 1. The number of nitrogens with one attached hydrogen (secondary N) is 2. The Bertz CT molecular complexity index is 783. The zero-order chi connectivity index (χ0) is 19.0. The molecule has 0 aliphatic heterocycles. The predicted molar refractivity (Wildman–Crippen MR) is 96.3 cm³/mol. The SMILES string of the molecule is CC(C)=C1C2CCC1C(C(=O)NNC(=O)c1ccc(Cl)cc1)C2C(=O)O. The molecule has 2 fully saturated rings. The third kappa shape index (κ3) is 3.21. The van der Waals surface area contributed by atoms with Gasteiger partial charge in [0, 0.05) is 10.6 Å². The summed E-state index contributed by atoms with van der Waals surface area (Å²) in [6.07, 6.45) is 1.60. The van der Waals surface area contributed by atoms with E-state index in [2.05, 4.69) is 10.9 Å². The van der Waals surface area contributed by atoms with Crippen LogP contribution in [0.1, 0.15) is 37.0 Å². The fraction of sp³-hybridized carbons (Fsp3) is 0.421. The van der Waals surface area contributed by atoms with Gasteiger partial charge in [0.2, 0.25) is 5.91 Å². The minimum Gasteiger partial charge on any atom is -0.481 e. The quantitative estimate of drug-likeness (QED) is 0.558. The van der Waals surface area contributed by atoms with Crippen LogP contribution in [0.15, 0.2) is 35.4 Å². The number of aliphatic carboxylic acids is 1. The fourth-order valence-corrected chi connectivity index (χ4v) is 4.61. The zero-order valence-corrected chi connectivity index (χ0v) is 15.3. The lowest BCUT2D eigenvalue weighted by Gasteiger charge is -2.26. The molecule has 138 valence electrons. The van der Waals surface area contributed by atoms with Gasteiger partial charge >= 0.3 is 5.97 Å². The third-order valence-corrected chi connectivity index (χ3v) is 5.66. The van der Waals surface area contributed by atoms with Gasteiger partial charge in [0.05, 0.1) is 11.8 Å². The van der Waals surface area contributed by atoms with Crippen molar-refractivity contribution in [2.24, 2.45) is 23.7 Å². The highest BCUT2D eigenvalue weighted by Gasteiger charge is 2.57. The summed E-state index contributed by atoms with van der Waals surface area (Å²) in [7, 11) is 0. The molecule has 0 saturated heterocycles. The summed E-state index contributed by atoms with van der Waals surface area (Å²) in [6.45, 7) is 3.92. The number of carboxylic acids is 1. The van der Waals surface area contributed by atoms with E-state index in [0.717, 1.165) is 24.0 Å². The maximum absolute atomic E-state index is 12.7. The number of hydrazine groups is 1. The largest absolute Gasteiger partial charge is 0.481 e. The van der Waals surface area contributed by atoms with E-state index in [9.17, 15) is 19.5 Å². The van der Waals surface area contributed by atoms with Crippen molar-refractivity contribution in [3.05, 3.63) is 46.0 Å². The Morgan fingerprint density at radius 1 is 1.00 bits per heavy atom. The lowest BCUT2D eigenvalue weighted by atomic mass is 9.79. The van der Waals surface area contributed by atoms with Gasteiger partial charge in [-0.15, -0.1) is 0 Å². The highest BCUT2D eigenvalue weighted by atomic mass is 35.5. The second-order valence-electron chi connectivity index (χ2n) is 7.09. The number of hydrogen-bond donors (Lipinski definition) is 3. The van der Waals surface area contributed by atoms with Crippen LogP contribution in [-0.2, 0) is 9.59 Å². The Morgan fingerprint density at radius 3 is 2.12 bits per heavy atom. The predicted octanol–water partition coefficient (Wildman–Crippen LogP) is 2.79. The minimum absolute atomic E-state index is 0.0708. The second kappa shape index (κ2) is 7.11. The number of rotatable bonds is 3. The molecule has 2 aliphatic rings. The van der Waals surface area contributed by atoms with Gasteiger partial charge in [-0.3, -0.25) is 25.2 Å². The minimum atomic E-state index is -0.958. The number of hydrogen-bond acceptors (Lipinski definition) is 3. The monoisotopic (exact) mass is 376 g/mol. The Hall–Kier alpha value is -2.34. The molecule has 2 amide bonds. The van der Waals surface area contributed by atoms with Crippen LogP contribution in [0.25, 0.3) is 0 Å². The molecule has 0 spiro atoms. The first kappa shape index (κ1) is 18.5. The summed E-state index contributed by atoms with van der Waals surface area (Å²) in [6, 6.07) is 6.25. The molecule has 1 aromatic carbocycles. The lowest BCUT2D eigenvalue weighted by Crippen LogP contribution is -2.48. The number of carbonyl (C=O) groups is 3. The summed E-state index contributed by atoms with van der Waals surface area (Å²) in [5.41, 5.74) is 7.31. The van der Waals surface area contributed by atoms with Crippen LogP contribution >= 0.6 is 11.6 Å². The van der Waals surface area contributed by atoms with E-state index in [1.165, 1.54) is 0 Å². The van der Waals surface area contributed by atoms with Gasteiger partial charge in [0.25, 0.3) is 5.91 Å². The molecule has 0 heterocycles. The highest BCUT2D eigenvalue weighted by molar-refractivity contribution is 6.30. The van der Waals surface area contributed by atoms with Gasteiger partial charge < -0.3 is 5.11 Å². The van der Waals surface area contributed by atoms with Crippen LogP contribution in [0.5, 0.6) is 0 Å². The average molecular weight is 377 g/mol. The van der Waals surface area contributed by atoms with Crippen molar-refractivity contribution in [2.45, 2.75) is 26.7 Å². The van der Waals surface area contributed by atoms with Crippen LogP contribution in [0.4, 0.5) is 0 Å². The highest BCUT2D eigenvalue weighted by Crippen LogP contribution is 2.57. The maximum Gasteiger partial charge on any atom is 0.307 e. The van der Waals surface area contributed by atoms with Crippen molar-refractivity contribution in [2.75, 3.05) is 0 Å². The number of benzene rings is 1. The average Bonchev–Trinajstić information content (AvgIpc) is 3.16. The Balaban J connectivity index is 1.72. The standard InChI is InChI=1S/C19H21ClN2O4/c1-9(2)14-12-7-8-13(14)16(19(25)26)15(12)18(24)22-21-17(23)10-3-5-11(20)6-4-10/h3-6,12-13,15-16H,7-8H2,1-2H3,(H,21,23)(H,22,24)(H,25,26). The molecule has 6 nitrogen and oxygen atoms in total. The summed E-state index contributed by atoms with van der Waals surface area (Å²) in [5, 5.41) is 10.1. The van der Waals surface area contributed by atoms with Crippen LogP contribution in [0.2, 0.25) is 5.02 Å². The van der Waals surface area contributed by atoms with E-state index >= 15 is 0 Å².